The van der Waals surface area contributed by atoms with Gasteiger partial charge in [-0.05, 0) is 31.6 Å². The molecule has 0 spiro atoms. The van der Waals surface area contributed by atoms with E-state index in [4.69, 9.17) is 0 Å². The van der Waals surface area contributed by atoms with Crippen molar-refractivity contribution in [2.45, 2.75) is 43.2 Å². The fourth-order valence-corrected chi connectivity index (χ4v) is 4.03. The quantitative estimate of drug-likeness (QED) is 0.590. The van der Waals surface area contributed by atoms with Crippen LogP contribution in [0.1, 0.15) is 19.8 Å². The van der Waals surface area contributed by atoms with E-state index >= 15 is 0 Å². The topological polar surface area (TPSA) is 102 Å². The number of carbonyl (C=O) groups is 2. The van der Waals surface area contributed by atoms with E-state index in [0.717, 1.165) is 0 Å². The Balaban J connectivity index is 1.73. The average Bonchev–Trinajstić information content (AvgIpc) is 3.10. The number of nitrogens with zero attached hydrogens (tertiary/aromatic N) is 2. The predicted octanol–water partition coefficient (Wildman–Crippen LogP) is 0.653. The Kier molecular flexibility index (Phi) is 4.52. The average molecular weight is 375 g/mol. The number of fused-ring (bicyclic) bond motifs is 1. The van der Waals surface area contributed by atoms with Gasteiger partial charge in [0.15, 0.2) is 5.84 Å². The number of hydrogen-bond donors (Lipinski definition) is 3. The van der Waals surface area contributed by atoms with Crippen molar-refractivity contribution < 1.29 is 28.6 Å². The smallest absolute Gasteiger partial charge is 0.352 e. The van der Waals surface area contributed by atoms with Crippen LogP contribution >= 0.6 is 11.8 Å². The summed E-state index contributed by atoms with van der Waals surface area (Å²) in [5.41, 5.74) is 0.439. The SMILES string of the molecule is CSC(F)(F)C1=NC[C@@H](CC2=C(C(=O)O)N3C(=O)[C@H]([C@@H](C)O)[C@H]3C2)N1. The number of carboxylic acids is 1. The first kappa shape index (κ1) is 18.1. The fourth-order valence-electron chi connectivity index (χ4n) is 3.71. The minimum atomic E-state index is -3.11. The monoisotopic (exact) mass is 375 g/mol. The molecular formula is C15H19F2N3O4S. The third kappa shape index (κ3) is 2.91. The van der Waals surface area contributed by atoms with Crippen molar-refractivity contribution in [3.63, 3.8) is 0 Å². The van der Waals surface area contributed by atoms with E-state index in [1.54, 1.807) is 0 Å². The lowest BCUT2D eigenvalue weighted by molar-refractivity contribution is -0.161. The largest absolute Gasteiger partial charge is 0.477 e. The molecule has 4 atom stereocenters. The van der Waals surface area contributed by atoms with E-state index in [1.165, 1.54) is 18.1 Å². The number of alkyl halides is 2. The molecule has 3 aliphatic heterocycles. The molecule has 1 saturated heterocycles. The van der Waals surface area contributed by atoms with Gasteiger partial charge in [-0.1, -0.05) is 11.8 Å². The van der Waals surface area contributed by atoms with Crippen LogP contribution in [0.5, 0.6) is 0 Å². The van der Waals surface area contributed by atoms with Gasteiger partial charge in [0.2, 0.25) is 5.91 Å². The summed E-state index contributed by atoms with van der Waals surface area (Å²) in [6.07, 6.45) is 0.969. The molecule has 1 fully saturated rings. The summed E-state index contributed by atoms with van der Waals surface area (Å²) in [6.45, 7) is 1.63. The van der Waals surface area contributed by atoms with E-state index < -0.39 is 41.0 Å². The van der Waals surface area contributed by atoms with Crippen molar-refractivity contribution in [2.75, 3.05) is 12.8 Å². The minimum Gasteiger partial charge on any atom is -0.477 e. The number of nitrogens with one attached hydrogen (secondary N) is 1. The summed E-state index contributed by atoms with van der Waals surface area (Å²) >= 11 is 0.376. The van der Waals surface area contributed by atoms with Crippen LogP contribution in [0.3, 0.4) is 0 Å². The molecule has 0 unspecified atom stereocenters. The van der Waals surface area contributed by atoms with E-state index in [1.807, 2.05) is 0 Å². The zero-order valence-corrected chi connectivity index (χ0v) is 14.5. The molecule has 138 valence electrons. The molecule has 10 heteroatoms. The van der Waals surface area contributed by atoms with Gasteiger partial charge in [0, 0.05) is 0 Å². The van der Waals surface area contributed by atoms with Crippen LogP contribution in [0.2, 0.25) is 0 Å². The van der Waals surface area contributed by atoms with Crippen molar-refractivity contribution in [1.82, 2.24) is 10.2 Å². The summed E-state index contributed by atoms with van der Waals surface area (Å²) < 4.78 is 27.3. The Bertz CT molecular complexity index is 680. The van der Waals surface area contributed by atoms with Crippen LogP contribution < -0.4 is 5.32 Å². The highest BCUT2D eigenvalue weighted by Crippen LogP contribution is 2.45. The first-order valence-electron chi connectivity index (χ1n) is 7.88. The van der Waals surface area contributed by atoms with Gasteiger partial charge < -0.3 is 20.4 Å². The number of thioether (sulfide) groups is 1. The molecule has 3 rings (SSSR count). The van der Waals surface area contributed by atoms with Gasteiger partial charge in [-0.25, -0.2) is 4.79 Å². The minimum absolute atomic E-state index is 0.0845. The second kappa shape index (κ2) is 6.24. The number of hydrogen-bond acceptors (Lipinski definition) is 6. The molecule has 0 aromatic carbocycles. The van der Waals surface area contributed by atoms with Crippen molar-refractivity contribution in [3.05, 3.63) is 11.3 Å². The van der Waals surface area contributed by atoms with Crippen molar-refractivity contribution >= 4 is 29.5 Å². The summed E-state index contributed by atoms with van der Waals surface area (Å²) in [7, 11) is 0. The van der Waals surface area contributed by atoms with Crippen molar-refractivity contribution in [2.24, 2.45) is 10.9 Å². The lowest BCUT2D eigenvalue weighted by Crippen LogP contribution is -2.61. The molecule has 0 radical (unpaired) electrons. The van der Waals surface area contributed by atoms with Crippen molar-refractivity contribution in [1.29, 1.82) is 0 Å². The molecule has 0 aromatic rings. The molecule has 3 N–H and O–H groups in total. The third-order valence-corrected chi connectivity index (χ3v) is 5.56. The Morgan fingerprint density at radius 1 is 1.56 bits per heavy atom. The van der Waals surface area contributed by atoms with Crippen LogP contribution in [-0.4, -0.2) is 69.1 Å². The summed E-state index contributed by atoms with van der Waals surface area (Å²) in [4.78, 5) is 28.8. The second-order valence-corrected chi connectivity index (χ2v) is 7.38. The molecule has 3 heterocycles. The molecule has 7 nitrogen and oxygen atoms in total. The molecule has 0 aliphatic carbocycles. The Hall–Kier alpha value is -1.68. The molecule has 0 aromatic heterocycles. The number of amidine groups is 1. The zero-order valence-electron chi connectivity index (χ0n) is 13.7. The number of aliphatic hydroxyl groups is 1. The number of aliphatic hydroxyl groups excluding tert-OH is 1. The summed E-state index contributed by atoms with van der Waals surface area (Å²) in [5.74, 6) is -2.64. The lowest BCUT2D eigenvalue weighted by atomic mass is 9.82. The predicted molar refractivity (Wildman–Crippen MR) is 87.4 cm³/mol. The molecule has 1 amide bonds. The van der Waals surface area contributed by atoms with Gasteiger partial charge in [0.1, 0.15) is 5.70 Å². The van der Waals surface area contributed by atoms with E-state index in [0.29, 0.717) is 23.8 Å². The van der Waals surface area contributed by atoms with Crippen molar-refractivity contribution in [3.8, 4) is 0 Å². The molecule has 3 aliphatic rings. The highest BCUT2D eigenvalue weighted by Gasteiger charge is 2.56. The number of rotatable bonds is 6. The second-order valence-electron chi connectivity index (χ2n) is 6.46. The normalized spacial score (nSPS) is 30.0. The maximum absolute atomic E-state index is 13.7. The standard InChI is InChI=1S/C15H19F2N3O4S/c1-6(21)10-9-4-7(11(13(23)24)20(9)12(10)22)3-8-5-18-14(19-8)15(16,17)25-2/h6,8-10,21H,3-5H2,1-2H3,(H,18,19)(H,23,24)/t6-,8-,9-,10-/m1/s1. The number of β-lactam (4-membered cyclic amide) rings is 1. The summed E-state index contributed by atoms with van der Waals surface area (Å²) in [6, 6.07) is -0.806. The Morgan fingerprint density at radius 3 is 2.80 bits per heavy atom. The number of aliphatic imine (C=N–C) groups is 1. The summed E-state index contributed by atoms with van der Waals surface area (Å²) in [5, 5.41) is 18.7. The van der Waals surface area contributed by atoms with Gasteiger partial charge in [-0.15, -0.1) is 0 Å². The van der Waals surface area contributed by atoms with Gasteiger partial charge in [0.05, 0.1) is 30.7 Å². The van der Waals surface area contributed by atoms with Crippen LogP contribution in [0.4, 0.5) is 8.78 Å². The van der Waals surface area contributed by atoms with Gasteiger partial charge >= 0.3 is 11.2 Å². The first-order chi connectivity index (χ1) is 11.7. The molecule has 0 bridgehead atoms. The molecular weight excluding hydrogens is 356 g/mol. The maximum Gasteiger partial charge on any atom is 0.352 e. The molecule has 25 heavy (non-hydrogen) atoms. The number of halogens is 2. The highest BCUT2D eigenvalue weighted by molar-refractivity contribution is 8.00. The van der Waals surface area contributed by atoms with Crippen LogP contribution in [0.15, 0.2) is 16.3 Å². The molecule has 0 saturated carbocycles. The Morgan fingerprint density at radius 2 is 2.24 bits per heavy atom. The first-order valence-corrected chi connectivity index (χ1v) is 9.10. The zero-order chi connectivity index (χ0) is 18.5. The van der Waals surface area contributed by atoms with E-state index in [-0.39, 0.29) is 24.7 Å². The fraction of sp³-hybridized carbons (Fsp3) is 0.667. The number of carbonyl (C=O) groups excluding carboxylic acids is 1. The van der Waals surface area contributed by atoms with Crippen LogP contribution in [0.25, 0.3) is 0 Å². The maximum atomic E-state index is 13.7. The highest BCUT2D eigenvalue weighted by atomic mass is 32.2. The number of aliphatic carboxylic acids is 1. The number of amides is 1. The van der Waals surface area contributed by atoms with Gasteiger partial charge in [0.25, 0.3) is 0 Å². The lowest BCUT2D eigenvalue weighted by Gasteiger charge is -2.44. The van der Waals surface area contributed by atoms with E-state index in [2.05, 4.69) is 10.3 Å². The van der Waals surface area contributed by atoms with Gasteiger partial charge in [-0.2, -0.15) is 8.78 Å². The van der Waals surface area contributed by atoms with E-state index in [9.17, 15) is 28.6 Å². The number of carboxylic acid groups (broad SMARTS) is 1. The Labute approximate surface area is 147 Å². The van der Waals surface area contributed by atoms with Crippen LogP contribution in [0, 0.1) is 5.92 Å². The van der Waals surface area contributed by atoms with Crippen LogP contribution in [-0.2, 0) is 9.59 Å². The van der Waals surface area contributed by atoms with Gasteiger partial charge in [-0.3, -0.25) is 9.79 Å². The third-order valence-electron chi connectivity index (χ3n) is 4.86.